The van der Waals surface area contributed by atoms with E-state index in [2.05, 4.69) is 159 Å². The molecule has 8 rings (SSSR count). The third-order valence-electron chi connectivity index (χ3n) is 9.02. The second kappa shape index (κ2) is 10.7. The predicted octanol–water partition coefficient (Wildman–Crippen LogP) is 10.9. The normalized spacial score (nSPS) is 14.7. The zero-order valence-electron chi connectivity index (χ0n) is 24.8. The molecule has 1 nitrogen and oxygen atoms in total. The van der Waals surface area contributed by atoms with Crippen LogP contribution in [0.15, 0.2) is 139 Å². The van der Waals surface area contributed by atoms with Gasteiger partial charge in [0, 0.05) is 21.9 Å². The number of para-hydroxylation sites is 2. The molecule has 2 aliphatic rings. The monoisotopic (exact) mass is 543 g/mol. The summed E-state index contributed by atoms with van der Waals surface area (Å²) in [5.41, 5.74) is 13.9. The molecule has 6 aromatic rings. The first kappa shape index (κ1) is 26.3. The van der Waals surface area contributed by atoms with Gasteiger partial charge >= 0.3 is 0 Å². The first-order chi connectivity index (χ1) is 20.5. The van der Waals surface area contributed by atoms with Gasteiger partial charge in [-0.1, -0.05) is 128 Å². The van der Waals surface area contributed by atoms with E-state index < -0.39 is 0 Å². The Morgan fingerprint density at radius 2 is 1.40 bits per heavy atom. The van der Waals surface area contributed by atoms with E-state index in [0.29, 0.717) is 0 Å². The summed E-state index contributed by atoms with van der Waals surface area (Å²) in [6.07, 6.45) is 10.2. The minimum Gasteiger partial charge on any atom is -0.309 e. The van der Waals surface area contributed by atoms with Crippen LogP contribution in [-0.2, 0) is 11.8 Å². The maximum Gasteiger partial charge on any atom is 0.0541 e. The highest BCUT2D eigenvalue weighted by Crippen LogP contribution is 2.48. The lowest BCUT2D eigenvalue weighted by molar-refractivity contribution is 0.659. The lowest BCUT2D eigenvalue weighted by Gasteiger charge is -2.22. The number of hydrogen-bond donors (Lipinski definition) is 0. The summed E-state index contributed by atoms with van der Waals surface area (Å²) in [7, 11) is 0. The van der Waals surface area contributed by atoms with E-state index in [0.717, 1.165) is 6.42 Å². The van der Waals surface area contributed by atoms with Crippen LogP contribution in [0.2, 0.25) is 0 Å². The van der Waals surface area contributed by atoms with Gasteiger partial charge in [0.1, 0.15) is 0 Å². The van der Waals surface area contributed by atoms with Crippen molar-refractivity contribution in [3.63, 3.8) is 0 Å². The fourth-order valence-corrected chi connectivity index (χ4v) is 6.87. The molecule has 42 heavy (non-hydrogen) atoms. The van der Waals surface area contributed by atoms with Crippen molar-refractivity contribution < 1.29 is 0 Å². The van der Waals surface area contributed by atoms with Gasteiger partial charge in [-0.05, 0) is 84.3 Å². The van der Waals surface area contributed by atoms with Crippen LogP contribution in [-0.4, -0.2) is 4.57 Å². The van der Waals surface area contributed by atoms with Crippen molar-refractivity contribution in [1.29, 1.82) is 0 Å². The fraction of sp³-hybridized carbons (Fsp3) is 0.171. The quantitative estimate of drug-likeness (QED) is 0.209. The van der Waals surface area contributed by atoms with Gasteiger partial charge in [0.05, 0.1) is 11.0 Å². The summed E-state index contributed by atoms with van der Waals surface area (Å²) < 4.78 is 2.34. The highest BCUT2D eigenvalue weighted by molar-refractivity contribution is 6.09. The summed E-state index contributed by atoms with van der Waals surface area (Å²) in [6, 6.07) is 41.8. The molecule has 0 spiro atoms. The van der Waals surface area contributed by atoms with Gasteiger partial charge in [-0.2, -0.15) is 0 Å². The van der Waals surface area contributed by atoms with Crippen LogP contribution < -0.4 is 0 Å². The van der Waals surface area contributed by atoms with Crippen molar-refractivity contribution in [2.75, 3.05) is 0 Å². The second-order valence-electron chi connectivity index (χ2n) is 12.2. The number of nitrogens with zero attached hydrogens (tertiary/aromatic N) is 1. The molecular weight excluding hydrogens is 506 g/mol. The molecule has 0 amide bonds. The third-order valence-corrected chi connectivity index (χ3v) is 9.02. The van der Waals surface area contributed by atoms with Crippen molar-refractivity contribution in [1.82, 2.24) is 4.57 Å². The Morgan fingerprint density at radius 1 is 0.667 bits per heavy atom. The first-order valence-electron chi connectivity index (χ1n) is 15.1. The van der Waals surface area contributed by atoms with Crippen molar-refractivity contribution in [2.45, 2.75) is 45.4 Å². The number of allylic oxidation sites excluding steroid dienone is 4. The van der Waals surface area contributed by atoms with Crippen molar-refractivity contribution in [3.8, 4) is 16.8 Å². The Labute approximate surface area is 249 Å². The minimum absolute atomic E-state index is 0.114. The summed E-state index contributed by atoms with van der Waals surface area (Å²) in [6.45, 7) is 6.85. The van der Waals surface area contributed by atoms with Crippen molar-refractivity contribution in [3.05, 3.63) is 161 Å². The van der Waals surface area contributed by atoms with E-state index in [1.54, 1.807) is 5.57 Å². The fourth-order valence-electron chi connectivity index (χ4n) is 6.87. The zero-order chi connectivity index (χ0) is 28.7. The molecule has 5 aromatic carbocycles. The van der Waals surface area contributed by atoms with E-state index >= 15 is 0 Å². The number of benzene rings is 5. The second-order valence-corrected chi connectivity index (χ2v) is 12.2. The molecule has 1 heteroatoms. The largest absolute Gasteiger partial charge is 0.309 e. The molecule has 0 fully saturated rings. The standard InChI is InChI=1S/C22H22.C19H15N/c1-22(2)20-11-7-6-10-18(20)19-13-12-17(15-21(19)22)14-16-8-4-3-5-9-16;1-14-11-12-19-17(13-14)16-9-5-6-10-18(16)20(19)15-7-3-2-4-8-15/h3-4,6-8,10-13,15H,5,9,14H2,1-2H3;2-13H,1H3. The Kier molecular flexibility index (Phi) is 6.67. The molecule has 0 saturated carbocycles. The van der Waals surface area contributed by atoms with Gasteiger partial charge in [0.2, 0.25) is 0 Å². The molecule has 0 atom stereocenters. The van der Waals surface area contributed by atoms with Gasteiger partial charge in [-0.3, -0.25) is 0 Å². The number of aromatic nitrogens is 1. The molecule has 206 valence electrons. The average Bonchev–Trinajstić information content (AvgIpc) is 3.47. The Bertz CT molecular complexity index is 1980. The number of fused-ring (bicyclic) bond motifs is 6. The van der Waals surface area contributed by atoms with Crippen LogP contribution in [0.5, 0.6) is 0 Å². The topological polar surface area (TPSA) is 4.93 Å². The summed E-state index contributed by atoms with van der Waals surface area (Å²) >= 11 is 0. The van der Waals surface area contributed by atoms with Crippen LogP contribution >= 0.6 is 0 Å². The average molecular weight is 544 g/mol. The van der Waals surface area contributed by atoms with Gasteiger partial charge in [0.15, 0.2) is 0 Å². The lowest BCUT2D eigenvalue weighted by Crippen LogP contribution is -2.15. The summed E-state index contributed by atoms with van der Waals surface area (Å²) in [5.74, 6) is 0. The van der Waals surface area contributed by atoms with Gasteiger partial charge < -0.3 is 4.57 Å². The van der Waals surface area contributed by atoms with E-state index in [4.69, 9.17) is 0 Å². The maximum absolute atomic E-state index is 2.44. The number of aryl methyl sites for hydroxylation is 1. The van der Waals surface area contributed by atoms with Crippen LogP contribution in [0, 0.1) is 6.92 Å². The van der Waals surface area contributed by atoms with E-state index in [1.165, 1.54) is 73.7 Å². The van der Waals surface area contributed by atoms with Crippen LogP contribution in [0.1, 0.15) is 48.9 Å². The third kappa shape index (κ3) is 4.60. The molecule has 1 heterocycles. The molecule has 0 aliphatic heterocycles. The molecular formula is C41H37N. The predicted molar refractivity (Wildman–Crippen MR) is 180 cm³/mol. The van der Waals surface area contributed by atoms with E-state index in [-0.39, 0.29) is 5.41 Å². The van der Waals surface area contributed by atoms with Gasteiger partial charge in [-0.25, -0.2) is 0 Å². The molecule has 2 aliphatic carbocycles. The molecule has 0 saturated heterocycles. The molecule has 1 aromatic heterocycles. The minimum atomic E-state index is 0.114. The highest BCUT2D eigenvalue weighted by atomic mass is 15.0. The van der Waals surface area contributed by atoms with Crippen LogP contribution in [0.25, 0.3) is 38.6 Å². The molecule has 0 radical (unpaired) electrons. The summed E-state index contributed by atoms with van der Waals surface area (Å²) in [5, 5.41) is 2.64. The molecule has 0 unspecified atom stereocenters. The molecule has 0 N–H and O–H groups in total. The Balaban J connectivity index is 0.000000138. The zero-order valence-corrected chi connectivity index (χ0v) is 24.8. The maximum atomic E-state index is 2.44. The summed E-state index contributed by atoms with van der Waals surface area (Å²) in [4.78, 5) is 0. The lowest BCUT2D eigenvalue weighted by atomic mass is 9.81. The Morgan fingerprint density at radius 3 is 2.24 bits per heavy atom. The SMILES string of the molecule is CC1(C)c2ccccc2-c2ccc(CC3=CC=CCC3)cc21.Cc1ccc2c(c1)c1ccccc1n2-c1ccccc1. The van der Waals surface area contributed by atoms with Crippen LogP contribution in [0.3, 0.4) is 0 Å². The number of rotatable bonds is 3. The first-order valence-corrected chi connectivity index (χ1v) is 15.1. The molecule has 0 bridgehead atoms. The Hall–Kier alpha value is -4.62. The van der Waals surface area contributed by atoms with Gasteiger partial charge in [-0.15, -0.1) is 0 Å². The highest BCUT2D eigenvalue weighted by Gasteiger charge is 2.35. The van der Waals surface area contributed by atoms with Crippen LogP contribution in [0.4, 0.5) is 0 Å². The van der Waals surface area contributed by atoms with Crippen molar-refractivity contribution >= 4 is 21.8 Å². The smallest absolute Gasteiger partial charge is 0.0541 e. The van der Waals surface area contributed by atoms with Crippen molar-refractivity contribution in [2.24, 2.45) is 0 Å². The van der Waals surface area contributed by atoms with Gasteiger partial charge in [0.25, 0.3) is 0 Å². The van der Waals surface area contributed by atoms with E-state index in [1.807, 2.05) is 0 Å². The number of hydrogen-bond acceptors (Lipinski definition) is 0. The van der Waals surface area contributed by atoms with E-state index in [9.17, 15) is 0 Å².